The zero-order valence-corrected chi connectivity index (χ0v) is 13.5. The molecule has 1 heterocycles. The zero-order valence-electron chi connectivity index (χ0n) is 13.5. The van der Waals surface area contributed by atoms with Gasteiger partial charge in [0.25, 0.3) is 0 Å². The van der Waals surface area contributed by atoms with Crippen molar-refractivity contribution >= 4 is 0 Å². The zero-order chi connectivity index (χ0) is 16.1. The lowest BCUT2D eigenvalue weighted by atomic mass is 10.1. The molecule has 0 saturated heterocycles. The van der Waals surface area contributed by atoms with E-state index in [9.17, 15) is 0 Å². The average molecular weight is 316 g/mol. The van der Waals surface area contributed by atoms with Crippen molar-refractivity contribution in [3.63, 3.8) is 0 Å². The summed E-state index contributed by atoms with van der Waals surface area (Å²) in [5.41, 5.74) is 2.39. The van der Waals surface area contributed by atoms with E-state index in [0.717, 1.165) is 42.3 Å². The maximum absolute atomic E-state index is 5.45. The van der Waals surface area contributed by atoms with Crippen LogP contribution in [0.25, 0.3) is 0 Å². The van der Waals surface area contributed by atoms with Gasteiger partial charge in [0.05, 0.1) is 20.8 Å². The number of benzene rings is 2. The van der Waals surface area contributed by atoms with Crippen molar-refractivity contribution in [3.8, 4) is 23.0 Å². The Kier molecular flexibility index (Phi) is 4.88. The van der Waals surface area contributed by atoms with Crippen molar-refractivity contribution in [1.82, 2.24) is 0 Å². The van der Waals surface area contributed by atoms with E-state index >= 15 is 0 Å². The maximum Gasteiger partial charge on any atom is 0.231 e. The number of hydrogen-bond acceptors (Lipinski definition) is 4. The lowest BCUT2D eigenvalue weighted by Gasteiger charge is -2.09. The Morgan fingerprint density at radius 1 is 1.04 bits per heavy atom. The van der Waals surface area contributed by atoms with Crippen LogP contribution in [-0.2, 0) is 13.0 Å². The van der Waals surface area contributed by atoms with Gasteiger partial charge in [-0.1, -0.05) is 18.2 Å². The van der Waals surface area contributed by atoms with Crippen LogP contribution in [0.3, 0.4) is 0 Å². The molecule has 0 aromatic heterocycles. The highest BCUT2D eigenvalue weighted by Crippen LogP contribution is 2.41. The molecule has 0 atom stereocenters. The number of nitrogens with two attached hydrogens (primary N) is 1. The molecule has 2 aromatic rings. The number of quaternary nitrogens is 1. The molecule has 5 nitrogen and oxygen atoms in total. The second kappa shape index (κ2) is 7.24. The minimum absolute atomic E-state index is 0.257. The quantitative estimate of drug-likeness (QED) is 0.791. The van der Waals surface area contributed by atoms with Crippen LogP contribution in [0.5, 0.6) is 23.0 Å². The van der Waals surface area contributed by atoms with Gasteiger partial charge in [-0.05, 0) is 23.8 Å². The first kappa shape index (κ1) is 15.5. The fraction of sp³-hybridized carbons (Fsp3) is 0.333. The van der Waals surface area contributed by atoms with E-state index in [2.05, 4.69) is 11.4 Å². The summed E-state index contributed by atoms with van der Waals surface area (Å²) in [4.78, 5) is 0. The Labute approximate surface area is 136 Å². The average Bonchev–Trinajstić information content (AvgIpc) is 3.06. The highest BCUT2D eigenvalue weighted by Gasteiger charge is 2.20. The fourth-order valence-electron chi connectivity index (χ4n) is 2.74. The van der Waals surface area contributed by atoms with Crippen LogP contribution in [0.1, 0.15) is 11.1 Å². The molecular formula is C18H22NO4+. The Bertz CT molecular complexity index is 672. The largest absolute Gasteiger partial charge is 0.496 e. The van der Waals surface area contributed by atoms with Crippen molar-refractivity contribution in [2.75, 3.05) is 27.6 Å². The van der Waals surface area contributed by atoms with Crippen LogP contribution in [0.15, 0.2) is 36.4 Å². The molecule has 0 amide bonds. The number of rotatable bonds is 7. The molecular weight excluding hydrogens is 294 g/mol. The van der Waals surface area contributed by atoms with E-state index in [1.165, 1.54) is 5.56 Å². The highest BCUT2D eigenvalue weighted by atomic mass is 16.7. The Morgan fingerprint density at radius 2 is 1.87 bits per heavy atom. The van der Waals surface area contributed by atoms with Crippen LogP contribution in [0.2, 0.25) is 0 Å². The molecule has 122 valence electrons. The van der Waals surface area contributed by atoms with E-state index in [-0.39, 0.29) is 6.79 Å². The minimum atomic E-state index is 0.257. The van der Waals surface area contributed by atoms with Crippen molar-refractivity contribution in [2.45, 2.75) is 13.0 Å². The predicted molar refractivity (Wildman–Crippen MR) is 86.3 cm³/mol. The topological polar surface area (TPSA) is 53.5 Å². The summed E-state index contributed by atoms with van der Waals surface area (Å²) >= 11 is 0. The molecule has 3 rings (SSSR count). The molecule has 0 aliphatic carbocycles. The standard InChI is InChI=1S/C18H21NO4/c1-20-15-6-4-3-5-14(15)7-8-19-11-13-9-16(21-2)18-17(10-13)22-12-23-18/h3-6,9-10,19H,7-8,11-12H2,1-2H3/p+1. The Balaban J connectivity index is 1.57. The summed E-state index contributed by atoms with van der Waals surface area (Å²) in [5.74, 6) is 3.14. The van der Waals surface area contributed by atoms with Crippen LogP contribution < -0.4 is 24.3 Å². The van der Waals surface area contributed by atoms with Gasteiger partial charge >= 0.3 is 0 Å². The molecule has 23 heavy (non-hydrogen) atoms. The van der Waals surface area contributed by atoms with Gasteiger partial charge in [-0.2, -0.15) is 0 Å². The molecule has 0 bridgehead atoms. The summed E-state index contributed by atoms with van der Waals surface area (Å²) in [6.45, 7) is 2.10. The van der Waals surface area contributed by atoms with Crippen LogP contribution in [-0.4, -0.2) is 27.6 Å². The molecule has 0 unspecified atom stereocenters. The Hall–Kier alpha value is -2.40. The summed E-state index contributed by atoms with van der Waals surface area (Å²) in [6, 6.07) is 12.2. The molecule has 1 aliphatic rings. The lowest BCUT2D eigenvalue weighted by molar-refractivity contribution is -0.670. The second-order valence-electron chi connectivity index (χ2n) is 5.38. The minimum Gasteiger partial charge on any atom is -0.496 e. The van der Waals surface area contributed by atoms with Crippen LogP contribution in [0, 0.1) is 0 Å². The second-order valence-corrected chi connectivity index (χ2v) is 5.38. The Morgan fingerprint density at radius 3 is 2.70 bits per heavy atom. The van der Waals surface area contributed by atoms with Gasteiger partial charge in [-0.3, -0.25) is 0 Å². The molecule has 2 N–H and O–H groups in total. The van der Waals surface area contributed by atoms with Crippen LogP contribution >= 0.6 is 0 Å². The van der Waals surface area contributed by atoms with Gasteiger partial charge in [0, 0.05) is 12.0 Å². The van der Waals surface area contributed by atoms with E-state index in [1.807, 2.05) is 30.3 Å². The van der Waals surface area contributed by atoms with Gasteiger partial charge in [0.15, 0.2) is 11.5 Å². The molecule has 0 fully saturated rings. The first-order chi connectivity index (χ1) is 11.3. The number of ether oxygens (including phenoxy) is 4. The van der Waals surface area contributed by atoms with E-state index in [4.69, 9.17) is 18.9 Å². The van der Waals surface area contributed by atoms with Gasteiger partial charge in [0.2, 0.25) is 12.5 Å². The monoisotopic (exact) mass is 316 g/mol. The number of methoxy groups -OCH3 is 2. The summed E-state index contributed by atoms with van der Waals surface area (Å²) in [6.07, 6.45) is 0.964. The molecule has 1 aliphatic heterocycles. The first-order valence-electron chi connectivity index (χ1n) is 7.72. The van der Waals surface area contributed by atoms with Crippen molar-refractivity contribution in [3.05, 3.63) is 47.5 Å². The molecule has 0 saturated carbocycles. The number of hydrogen-bond donors (Lipinski definition) is 1. The third kappa shape index (κ3) is 3.51. The van der Waals surface area contributed by atoms with Crippen molar-refractivity contribution in [2.24, 2.45) is 0 Å². The summed E-state index contributed by atoms with van der Waals surface area (Å²) in [5, 5.41) is 2.27. The first-order valence-corrected chi connectivity index (χ1v) is 7.72. The van der Waals surface area contributed by atoms with Gasteiger partial charge in [-0.15, -0.1) is 0 Å². The van der Waals surface area contributed by atoms with Crippen LogP contribution in [0.4, 0.5) is 0 Å². The molecule has 5 heteroatoms. The molecule has 2 aromatic carbocycles. The predicted octanol–water partition coefficient (Wildman–Crippen LogP) is 1.74. The van der Waals surface area contributed by atoms with Gasteiger partial charge in [0.1, 0.15) is 12.3 Å². The maximum atomic E-state index is 5.45. The molecule has 0 spiro atoms. The smallest absolute Gasteiger partial charge is 0.231 e. The SMILES string of the molecule is COc1ccccc1CC[NH2+]Cc1cc(OC)c2c(c1)OCO2. The lowest BCUT2D eigenvalue weighted by Crippen LogP contribution is -2.83. The third-order valence-corrected chi connectivity index (χ3v) is 3.91. The van der Waals surface area contributed by atoms with E-state index in [1.54, 1.807) is 14.2 Å². The summed E-state index contributed by atoms with van der Waals surface area (Å²) < 4.78 is 21.6. The third-order valence-electron chi connectivity index (χ3n) is 3.91. The van der Waals surface area contributed by atoms with Crippen molar-refractivity contribution in [1.29, 1.82) is 0 Å². The van der Waals surface area contributed by atoms with E-state index in [0.29, 0.717) is 5.75 Å². The normalized spacial score (nSPS) is 12.3. The van der Waals surface area contributed by atoms with Gasteiger partial charge in [-0.25, -0.2) is 0 Å². The van der Waals surface area contributed by atoms with Crippen molar-refractivity contribution < 1.29 is 24.3 Å². The summed E-state index contributed by atoms with van der Waals surface area (Å²) in [7, 11) is 3.36. The van der Waals surface area contributed by atoms with Gasteiger partial charge < -0.3 is 24.3 Å². The highest BCUT2D eigenvalue weighted by molar-refractivity contribution is 5.54. The van der Waals surface area contributed by atoms with E-state index < -0.39 is 0 Å². The number of para-hydroxylation sites is 1. The number of fused-ring (bicyclic) bond motifs is 1. The molecule has 0 radical (unpaired) electrons. The fourth-order valence-corrected chi connectivity index (χ4v) is 2.74.